The highest BCUT2D eigenvalue weighted by Crippen LogP contribution is 2.37. The number of hydrogen-bond acceptors (Lipinski definition) is 7. The average molecular weight is 696 g/mol. The number of halogens is 3. The van der Waals surface area contributed by atoms with Gasteiger partial charge in [-0.25, -0.2) is 10.9 Å². The predicted molar refractivity (Wildman–Crippen MR) is 154 cm³/mol. The van der Waals surface area contributed by atoms with E-state index >= 15 is 0 Å². The lowest BCUT2D eigenvalue weighted by Crippen LogP contribution is -2.35. The van der Waals surface area contributed by atoms with Crippen molar-refractivity contribution in [1.82, 2.24) is 0 Å². The number of ether oxygens (including phenoxy) is 3. The monoisotopic (exact) mass is 696 g/mol. The largest absolute Gasteiger partial charge is 0.492 e. The Balaban J connectivity index is 1.87. The molecular formula is C25H28F2IN2O7PS. The maximum absolute atomic E-state index is 13.5. The molecule has 14 heteroatoms. The van der Waals surface area contributed by atoms with Gasteiger partial charge < -0.3 is 19.5 Å². The average Bonchev–Trinajstić information content (AvgIpc) is 2.87. The topological polar surface area (TPSA) is 111 Å². The molecule has 212 valence electrons. The highest BCUT2D eigenvalue weighted by Gasteiger charge is 2.35. The van der Waals surface area contributed by atoms with Gasteiger partial charge in [0, 0.05) is 17.8 Å². The summed E-state index contributed by atoms with van der Waals surface area (Å²) in [4.78, 5) is 25.2. The van der Waals surface area contributed by atoms with Crippen LogP contribution >= 0.6 is 32.1 Å². The number of allylic oxidation sites excluding steroid dienone is 2. The minimum atomic E-state index is -4.23. The third-order valence-corrected chi connectivity index (χ3v) is 9.39. The lowest BCUT2D eigenvalue weighted by atomic mass is 9.82. The Bertz CT molecular complexity index is 1340. The molecule has 0 radical (unpaired) electrons. The van der Waals surface area contributed by atoms with E-state index in [0.29, 0.717) is 12.8 Å². The van der Waals surface area contributed by atoms with Crippen LogP contribution in [0.25, 0.3) is 0 Å². The molecule has 1 N–H and O–H groups in total. The van der Waals surface area contributed by atoms with Crippen molar-refractivity contribution in [3.8, 4) is 11.5 Å². The number of esters is 1. The normalized spacial score (nSPS) is 17.3. The Morgan fingerprint density at radius 2 is 1.79 bits per heavy atom. The van der Waals surface area contributed by atoms with E-state index in [2.05, 4.69) is 10.1 Å². The minimum absolute atomic E-state index is 0.0219. The highest BCUT2D eigenvalue weighted by molar-refractivity contribution is 14.1. The summed E-state index contributed by atoms with van der Waals surface area (Å²) in [6.07, 6.45) is 4.40. The van der Waals surface area contributed by atoms with Gasteiger partial charge in [0.15, 0.2) is 0 Å². The van der Waals surface area contributed by atoms with Gasteiger partial charge >= 0.3 is 11.8 Å². The first-order chi connectivity index (χ1) is 18.4. The standard InChI is InChI=1S/C25H28F2IN2O7PS/c1-3-35-21-14-16(29-23(31)19-10-5-6-11-20(19)24(32)36-4-2)12-13-22(21)39(33,34)30(28)17-8-7-9-18(15-17)37-25(26,27)38/h5-9,12-15,19-20H,3-4,10-11,38H2,1-2H3,(H,29,31)/t19-,20-/m0/s1. The Hall–Kier alpha value is -2.51. The van der Waals surface area contributed by atoms with Crippen molar-refractivity contribution in [2.45, 2.75) is 37.4 Å². The fraction of sp³-hybridized carbons (Fsp3) is 0.360. The fourth-order valence-electron chi connectivity index (χ4n) is 3.95. The second-order valence-corrected chi connectivity index (χ2v) is 12.4. The van der Waals surface area contributed by atoms with E-state index in [1.54, 1.807) is 36.7 Å². The molecule has 2 aromatic carbocycles. The molecule has 0 fully saturated rings. The van der Waals surface area contributed by atoms with E-state index in [4.69, 9.17) is 9.47 Å². The Kier molecular flexibility index (Phi) is 10.5. The van der Waals surface area contributed by atoms with Gasteiger partial charge in [-0.1, -0.05) is 18.2 Å². The van der Waals surface area contributed by atoms with E-state index < -0.39 is 39.6 Å². The van der Waals surface area contributed by atoms with Gasteiger partial charge in [0.05, 0.1) is 53.6 Å². The number of anilines is 2. The molecule has 0 saturated carbocycles. The van der Waals surface area contributed by atoms with Crippen molar-refractivity contribution in [3.63, 3.8) is 0 Å². The van der Waals surface area contributed by atoms with Gasteiger partial charge in [0.2, 0.25) is 5.91 Å². The van der Waals surface area contributed by atoms with Crippen LogP contribution in [0.15, 0.2) is 59.5 Å². The molecule has 1 amide bonds. The lowest BCUT2D eigenvalue weighted by Gasteiger charge is -2.26. The summed E-state index contributed by atoms with van der Waals surface area (Å²) in [6.45, 7) is 3.70. The molecule has 0 aromatic heterocycles. The third-order valence-electron chi connectivity index (χ3n) is 5.63. The van der Waals surface area contributed by atoms with Gasteiger partial charge in [0.25, 0.3) is 10.0 Å². The third kappa shape index (κ3) is 8.01. The Morgan fingerprint density at radius 1 is 1.10 bits per heavy atom. The van der Waals surface area contributed by atoms with Crippen LogP contribution in [-0.4, -0.2) is 39.4 Å². The van der Waals surface area contributed by atoms with Crippen molar-refractivity contribution < 1.29 is 41.0 Å². The maximum atomic E-state index is 13.5. The SMILES string of the molecule is CCOC(=O)[C@H]1CC=CC[C@@H]1C(=O)Nc1ccc(S(=O)(=O)N(I)c2cccc(OC(F)(F)P)c2)c(OCC)c1. The number of nitrogens with zero attached hydrogens (tertiary/aromatic N) is 1. The number of carbonyl (C=O) groups excluding carboxylic acids is 2. The van der Waals surface area contributed by atoms with Crippen molar-refractivity contribution in [1.29, 1.82) is 0 Å². The number of alkyl halides is 2. The Labute approximate surface area is 242 Å². The van der Waals surface area contributed by atoms with Crippen molar-refractivity contribution in [2.75, 3.05) is 21.0 Å². The molecule has 1 aliphatic carbocycles. The first-order valence-electron chi connectivity index (χ1n) is 11.9. The van der Waals surface area contributed by atoms with Crippen LogP contribution in [0.3, 0.4) is 0 Å². The predicted octanol–water partition coefficient (Wildman–Crippen LogP) is 5.52. The number of rotatable bonds is 11. The fourth-order valence-corrected chi connectivity index (χ4v) is 6.20. The summed E-state index contributed by atoms with van der Waals surface area (Å²) < 4.78 is 69.6. The summed E-state index contributed by atoms with van der Waals surface area (Å²) in [5.41, 5.74) is 0.343. The number of amides is 1. The zero-order valence-electron chi connectivity index (χ0n) is 21.1. The molecule has 3 rings (SSSR count). The lowest BCUT2D eigenvalue weighted by molar-refractivity contribution is -0.152. The maximum Gasteiger partial charge on any atom is 0.408 e. The van der Waals surface area contributed by atoms with Crippen LogP contribution in [0, 0.1) is 11.8 Å². The summed E-state index contributed by atoms with van der Waals surface area (Å²) in [6, 6.07) is 9.31. The zero-order chi connectivity index (χ0) is 28.8. The number of sulfonamides is 1. The van der Waals surface area contributed by atoms with E-state index in [1.165, 1.54) is 45.6 Å². The zero-order valence-corrected chi connectivity index (χ0v) is 25.2. The Morgan fingerprint density at radius 3 is 2.44 bits per heavy atom. The van der Waals surface area contributed by atoms with Crippen molar-refractivity contribution in [3.05, 3.63) is 54.6 Å². The smallest absolute Gasteiger partial charge is 0.408 e. The molecular weight excluding hydrogens is 668 g/mol. The molecule has 2 aromatic rings. The van der Waals surface area contributed by atoms with E-state index in [0.717, 1.165) is 8.58 Å². The van der Waals surface area contributed by atoms with Crippen LogP contribution in [0.5, 0.6) is 11.5 Å². The van der Waals surface area contributed by atoms with Gasteiger partial charge in [-0.15, -0.1) is 0 Å². The van der Waals surface area contributed by atoms with Crippen LogP contribution in [-0.2, 0) is 24.3 Å². The summed E-state index contributed by atoms with van der Waals surface area (Å²) in [5, 5.41) is 2.75. The van der Waals surface area contributed by atoms with Gasteiger partial charge in [-0.2, -0.15) is 8.78 Å². The number of benzene rings is 2. The molecule has 0 spiro atoms. The minimum Gasteiger partial charge on any atom is -0.492 e. The van der Waals surface area contributed by atoms with Crippen LogP contribution < -0.4 is 17.3 Å². The molecule has 9 nitrogen and oxygen atoms in total. The number of nitrogens with one attached hydrogen (secondary N) is 1. The van der Waals surface area contributed by atoms with Gasteiger partial charge in [-0.3, -0.25) is 9.59 Å². The summed E-state index contributed by atoms with van der Waals surface area (Å²) in [7, 11) is -2.99. The number of carbonyl (C=O) groups is 2. The van der Waals surface area contributed by atoms with E-state index in [1.807, 2.05) is 12.2 Å². The van der Waals surface area contributed by atoms with Crippen LogP contribution in [0.1, 0.15) is 26.7 Å². The quantitative estimate of drug-likeness (QED) is 0.108. The van der Waals surface area contributed by atoms with Crippen molar-refractivity contribution >= 4 is 65.4 Å². The van der Waals surface area contributed by atoms with Gasteiger partial charge in [0.1, 0.15) is 16.4 Å². The molecule has 0 saturated heterocycles. The molecule has 0 aliphatic heterocycles. The van der Waals surface area contributed by atoms with E-state index in [-0.39, 0.29) is 41.0 Å². The second-order valence-electron chi connectivity index (χ2n) is 8.37. The molecule has 39 heavy (non-hydrogen) atoms. The molecule has 1 aliphatic rings. The van der Waals surface area contributed by atoms with Gasteiger partial charge in [-0.05, 0) is 60.2 Å². The summed E-state index contributed by atoms with van der Waals surface area (Å²) in [5.74, 6) is -5.91. The van der Waals surface area contributed by atoms with Crippen LogP contribution in [0.4, 0.5) is 20.2 Å². The number of hydrogen-bond donors (Lipinski definition) is 1. The highest BCUT2D eigenvalue weighted by atomic mass is 127. The first-order valence-corrected chi connectivity index (χ1v) is 14.9. The summed E-state index contributed by atoms with van der Waals surface area (Å²) >= 11 is 1.55. The second kappa shape index (κ2) is 13.2. The molecule has 1 unspecified atom stereocenters. The molecule has 0 heterocycles. The molecule has 3 atom stereocenters. The molecule has 0 bridgehead atoms. The van der Waals surface area contributed by atoms with E-state index in [9.17, 15) is 26.8 Å². The van der Waals surface area contributed by atoms with Crippen LogP contribution in [0.2, 0.25) is 0 Å². The van der Waals surface area contributed by atoms with Crippen molar-refractivity contribution in [2.24, 2.45) is 11.8 Å². The first kappa shape index (κ1) is 31.0.